The van der Waals surface area contributed by atoms with Gasteiger partial charge >= 0.3 is 0 Å². The maximum absolute atomic E-state index is 11.4. The topological polar surface area (TPSA) is 94.0 Å². The van der Waals surface area contributed by atoms with Crippen molar-refractivity contribution in [2.24, 2.45) is 11.7 Å². The van der Waals surface area contributed by atoms with Gasteiger partial charge in [0.1, 0.15) is 0 Å². The van der Waals surface area contributed by atoms with E-state index >= 15 is 0 Å². The van der Waals surface area contributed by atoms with Gasteiger partial charge in [-0.2, -0.15) is 4.98 Å². The third-order valence-electron chi connectivity index (χ3n) is 2.34. The second-order valence-electron chi connectivity index (χ2n) is 3.83. The summed E-state index contributed by atoms with van der Waals surface area (Å²) in [6, 6.07) is 0. The predicted octanol–water partition coefficient (Wildman–Crippen LogP) is 0.103. The maximum atomic E-state index is 11.4. The van der Waals surface area contributed by atoms with Crippen molar-refractivity contribution >= 4 is 5.91 Å². The monoisotopic (exact) mass is 226 g/mol. The highest BCUT2D eigenvalue weighted by molar-refractivity contribution is 5.75. The molecular weight excluding hydrogens is 208 g/mol. The number of hydrogen-bond acceptors (Lipinski definition) is 5. The van der Waals surface area contributed by atoms with E-state index in [0.29, 0.717) is 37.7 Å². The predicted molar refractivity (Wildman–Crippen MR) is 58.5 cm³/mol. The molecular formula is C10H18N4O2. The lowest BCUT2D eigenvalue weighted by Gasteiger charge is -2.07. The van der Waals surface area contributed by atoms with Crippen LogP contribution < -0.4 is 11.1 Å². The van der Waals surface area contributed by atoms with Gasteiger partial charge < -0.3 is 15.6 Å². The van der Waals surface area contributed by atoms with E-state index in [-0.39, 0.29) is 5.91 Å². The lowest BCUT2D eigenvalue weighted by molar-refractivity contribution is -0.121. The second kappa shape index (κ2) is 6.95. The molecule has 1 amide bonds. The third-order valence-corrected chi connectivity index (χ3v) is 2.34. The molecule has 3 N–H and O–H groups in total. The summed E-state index contributed by atoms with van der Waals surface area (Å²) in [7, 11) is 0. The molecule has 0 spiro atoms. The van der Waals surface area contributed by atoms with Crippen LogP contribution in [0.25, 0.3) is 0 Å². The first kappa shape index (κ1) is 12.6. The number of nitrogens with two attached hydrogens (primary N) is 1. The molecule has 90 valence electrons. The molecule has 0 saturated heterocycles. The number of carbonyl (C=O) groups excluding carboxylic acids is 1. The van der Waals surface area contributed by atoms with Crippen molar-refractivity contribution in [1.82, 2.24) is 15.5 Å². The molecule has 0 aliphatic carbocycles. The van der Waals surface area contributed by atoms with Crippen molar-refractivity contribution in [3.05, 3.63) is 12.2 Å². The molecule has 0 saturated carbocycles. The Morgan fingerprint density at radius 2 is 2.50 bits per heavy atom. The Balaban J connectivity index is 2.06. The number of rotatable bonds is 7. The van der Waals surface area contributed by atoms with Crippen molar-refractivity contribution in [2.75, 3.05) is 13.1 Å². The molecule has 6 heteroatoms. The first-order chi connectivity index (χ1) is 7.72. The number of carbonyl (C=O) groups is 1. The van der Waals surface area contributed by atoms with E-state index < -0.39 is 0 Å². The van der Waals surface area contributed by atoms with Gasteiger partial charge in [0.2, 0.25) is 12.3 Å². The van der Waals surface area contributed by atoms with Crippen LogP contribution in [0, 0.1) is 5.92 Å². The lowest BCUT2D eigenvalue weighted by Crippen LogP contribution is -2.26. The summed E-state index contributed by atoms with van der Waals surface area (Å²) in [5.41, 5.74) is 5.46. The molecule has 0 aliphatic heterocycles. The molecule has 0 bridgehead atoms. The van der Waals surface area contributed by atoms with Crippen molar-refractivity contribution in [3.8, 4) is 0 Å². The van der Waals surface area contributed by atoms with Crippen LogP contribution in [0.3, 0.4) is 0 Å². The van der Waals surface area contributed by atoms with E-state index in [1.54, 1.807) is 0 Å². The highest BCUT2D eigenvalue weighted by Crippen LogP contribution is 2.02. The highest BCUT2D eigenvalue weighted by atomic mass is 16.5. The van der Waals surface area contributed by atoms with Gasteiger partial charge in [-0.15, -0.1) is 0 Å². The van der Waals surface area contributed by atoms with Crippen LogP contribution in [0.1, 0.15) is 25.6 Å². The third kappa shape index (κ3) is 4.88. The fourth-order valence-electron chi connectivity index (χ4n) is 1.20. The smallest absolute Gasteiger partial charge is 0.220 e. The molecule has 6 nitrogen and oxygen atoms in total. The van der Waals surface area contributed by atoms with Crippen LogP contribution >= 0.6 is 0 Å². The standard InChI is InChI=1S/C10H18N4O2/c1-8(6-11)2-3-10(15)12-5-4-9-13-7-16-14-9/h7-8H,2-6,11H2,1H3,(H,12,15). The van der Waals surface area contributed by atoms with Gasteiger partial charge in [0.15, 0.2) is 5.82 Å². The zero-order chi connectivity index (χ0) is 11.8. The summed E-state index contributed by atoms with van der Waals surface area (Å²) in [6.45, 7) is 3.19. The number of nitrogens with one attached hydrogen (secondary N) is 1. The summed E-state index contributed by atoms with van der Waals surface area (Å²) >= 11 is 0. The molecule has 1 atom stereocenters. The molecule has 1 unspecified atom stereocenters. The average Bonchev–Trinajstić information content (AvgIpc) is 2.79. The molecule has 1 heterocycles. The van der Waals surface area contributed by atoms with E-state index in [1.165, 1.54) is 6.39 Å². The zero-order valence-electron chi connectivity index (χ0n) is 9.48. The number of aromatic nitrogens is 2. The minimum absolute atomic E-state index is 0.0452. The number of nitrogens with zero attached hydrogens (tertiary/aromatic N) is 2. The minimum Gasteiger partial charge on any atom is -0.356 e. The molecule has 16 heavy (non-hydrogen) atoms. The van der Waals surface area contributed by atoms with Gasteiger partial charge in [-0.1, -0.05) is 12.1 Å². The average molecular weight is 226 g/mol. The molecule has 1 aromatic rings. The maximum Gasteiger partial charge on any atom is 0.220 e. The van der Waals surface area contributed by atoms with Crippen LogP contribution in [0.5, 0.6) is 0 Å². The Hall–Kier alpha value is -1.43. The Kier molecular flexibility index (Phi) is 5.49. The largest absolute Gasteiger partial charge is 0.356 e. The van der Waals surface area contributed by atoms with Crippen molar-refractivity contribution in [1.29, 1.82) is 0 Å². The van der Waals surface area contributed by atoms with Crippen LogP contribution in [0.4, 0.5) is 0 Å². The summed E-state index contributed by atoms with van der Waals surface area (Å²) in [5.74, 6) is 1.04. The number of hydrogen-bond donors (Lipinski definition) is 2. The quantitative estimate of drug-likeness (QED) is 0.687. The Bertz CT molecular complexity index is 300. The SMILES string of the molecule is CC(CN)CCC(=O)NCCc1ncon1. The van der Waals surface area contributed by atoms with Gasteiger partial charge in [-0.05, 0) is 18.9 Å². The van der Waals surface area contributed by atoms with E-state index in [1.807, 2.05) is 6.92 Å². The first-order valence-corrected chi connectivity index (χ1v) is 5.44. The second-order valence-corrected chi connectivity index (χ2v) is 3.83. The van der Waals surface area contributed by atoms with Gasteiger partial charge in [0.05, 0.1) is 0 Å². The zero-order valence-corrected chi connectivity index (χ0v) is 9.48. The summed E-state index contributed by atoms with van der Waals surface area (Å²) in [4.78, 5) is 15.2. The molecule has 1 rings (SSSR count). The molecule has 0 fully saturated rings. The Morgan fingerprint density at radius 1 is 1.69 bits per heavy atom. The Morgan fingerprint density at radius 3 is 3.12 bits per heavy atom. The van der Waals surface area contributed by atoms with Crippen molar-refractivity contribution < 1.29 is 9.32 Å². The minimum atomic E-state index is 0.0452. The summed E-state index contributed by atoms with van der Waals surface area (Å²) in [6.07, 6.45) is 3.21. The summed E-state index contributed by atoms with van der Waals surface area (Å²) < 4.78 is 4.58. The first-order valence-electron chi connectivity index (χ1n) is 5.44. The van der Waals surface area contributed by atoms with E-state index in [2.05, 4.69) is 20.0 Å². The normalized spacial score (nSPS) is 12.4. The van der Waals surface area contributed by atoms with E-state index in [9.17, 15) is 4.79 Å². The van der Waals surface area contributed by atoms with Gasteiger partial charge in [0.25, 0.3) is 0 Å². The molecule has 0 aromatic carbocycles. The van der Waals surface area contributed by atoms with Gasteiger partial charge in [-0.25, -0.2) is 0 Å². The summed E-state index contributed by atoms with van der Waals surface area (Å²) in [5, 5.41) is 6.45. The lowest BCUT2D eigenvalue weighted by atomic mass is 10.1. The van der Waals surface area contributed by atoms with Crippen LogP contribution in [0.15, 0.2) is 10.9 Å². The van der Waals surface area contributed by atoms with Crippen LogP contribution in [-0.4, -0.2) is 29.1 Å². The number of amides is 1. The molecule has 1 aromatic heterocycles. The fraction of sp³-hybridized carbons (Fsp3) is 0.700. The van der Waals surface area contributed by atoms with Gasteiger partial charge in [0, 0.05) is 19.4 Å². The molecule has 0 radical (unpaired) electrons. The van der Waals surface area contributed by atoms with E-state index in [4.69, 9.17) is 5.73 Å². The highest BCUT2D eigenvalue weighted by Gasteiger charge is 2.05. The van der Waals surface area contributed by atoms with Crippen LogP contribution in [0.2, 0.25) is 0 Å². The fourth-order valence-corrected chi connectivity index (χ4v) is 1.20. The van der Waals surface area contributed by atoms with Crippen molar-refractivity contribution in [2.45, 2.75) is 26.2 Å². The van der Waals surface area contributed by atoms with Crippen LogP contribution in [-0.2, 0) is 11.2 Å². The van der Waals surface area contributed by atoms with E-state index in [0.717, 1.165) is 6.42 Å². The van der Waals surface area contributed by atoms with Gasteiger partial charge in [-0.3, -0.25) is 4.79 Å². The molecule has 0 aliphatic rings. The van der Waals surface area contributed by atoms with Crippen molar-refractivity contribution in [3.63, 3.8) is 0 Å². The Labute approximate surface area is 94.6 Å².